The summed E-state index contributed by atoms with van der Waals surface area (Å²) in [7, 11) is 0. The molecule has 0 aliphatic heterocycles. The third kappa shape index (κ3) is 4.74. The third-order valence-corrected chi connectivity index (χ3v) is 11.7. The van der Waals surface area contributed by atoms with Crippen LogP contribution in [0.1, 0.15) is 6.85 Å². The lowest BCUT2D eigenvalue weighted by Crippen LogP contribution is -1.93. The van der Waals surface area contributed by atoms with Gasteiger partial charge in [-0.05, 0) is 91.8 Å². The third-order valence-electron chi connectivity index (χ3n) is 10.5. The second-order valence-electron chi connectivity index (χ2n) is 13.4. The van der Waals surface area contributed by atoms with Crippen LogP contribution in [0.15, 0.2) is 188 Å². The zero-order valence-corrected chi connectivity index (χ0v) is 29.6. The van der Waals surface area contributed by atoms with Gasteiger partial charge >= 0.3 is 0 Å². The lowest BCUT2D eigenvalue weighted by atomic mass is 9.84. The zero-order chi connectivity index (χ0) is 39.9. The molecule has 0 spiro atoms. The smallest absolute Gasteiger partial charge is 0.115 e. The maximum absolute atomic E-state index is 8.88. The summed E-state index contributed by atoms with van der Waals surface area (Å²) in [4.78, 5) is 9.68. The van der Waals surface area contributed by atoms with Gasteiger partial charge in [0, 0.05) is 54.9 Å². The molecule has 0 aliphatic carbocycles. The molecule has 8 aromatic carbocycles. The second kappa shape index (κ2) is 12.4. The largest absolute Gasteiger partial charge is 0.309 e. The first-order chi connectivity index (χ1) is 28.9. The van der Waals surface area contributed by atoms with E-state index in [1.165, 1.54) is 21.2 Å². The van der Waals surface area contributed by atoms with Crippen molar-refractivity contribution in [2.24, 2.45) is 0 Å². The first-order valence-corrected chi connectivity index (χ1v) is 18.6. The SMILES string of the molecule is [2H]c1c([2H])c([2H])c(-n2c3ccccc3c3cc(-c4sc5ccccc5c4-c4c5ccccc5c(-c5cccc(-c6cncnc6)c5)c5ccccc45)ccc32)c([2H])c1[2H]. The molecule has 0 N–H and O–H groups in total. The molecule has 3 aromatic heterocycles. The van der Waals surface area contributed by atoms with Crippen molar-refractivity contribution >= 4 is 64.8 Å². The Labute approximate surface area is 323 Å². The van der Waals surface area contributed by atoms with Gasteiger partial charge in [0.1, 0.15) is 6.33 Å². The van der Waals surface area contributed by atoms with Crippen molar-refractivity contribution in [1.29, 1.82) is 0 Å². The van der Waals surface area contributed by atoms with E-state index in [2.05, 4.69) is 119 Å². The molecule has 252 valence electrons. The van der Waals surface area contributed by atoms with Crippen molar-refractivity contribution < 1.29 is 6.85 Å². The Bertz CT molecular complexity index is 3430. The highest BCUT2D eigenvalue weighted by Gasteiger charge is 2.23. The Morgan fingerprint density at radius 2 is 1.06 bits per heavy atom. The molecule has 0 radical (unpaired) electrons. The van der Waals surface area contributed by atoms with Crippen LogP contribution in [-0.2, 0) is 0 Å². The van der Waals surface area contributed by atoms with Crippen LogP contribution >= 0.6 is 11.3 Å². The van der Waals surface area contributed by atoms with Crippen LogP contribution in [0.3, 0.4) is 0 Å². The molecule has 0 aliphatic rings. The zero-order valence-electron chi connectivity index (χ0n) is 33.8. The fourth-order valence-electron chi connectivity index (χ4n) is 8.22. The lowest BCUT2D eigenvalue weighted by Gasteiger charge is -2.19. The van der Waals surface area contributed by atoms with E-state index < -0.39 is 6.04 Å². The summed E-state index contributed by atoms with van der Waals surface area (Å²) in [6, 6.07) is 47.3. The quantitative estimate of drug-likeness (QED) is 0.167. The van der Waals surface area contributed by atoms with Crippen molar-refractivity contribution in [1.82, 2.24) is 14.5 Å². The topological polar surface area (TPSA) is 30.7 Å². The van der Waals surface area contributed by atoms with Gasteiger partial charge in [-0.25, -0.2) is 9.97 Å². The van der Waals surface area contributed by atoms with E-state index in [-0.39, 0.29) is 29.9 Å². The Kier molecular flexibility index (Phi) is 5.95. The Balaban J connectivity index is 1.20. The first kappa shape index (κ1) is 26.0. The molecule has 0 saturated carbocycles. The molecule has 0 fully saturated rings. The highest BCUT2D eigenvalue weighted by Crippen LogP contribution is 2.52. The molecule has 0 unspecified atom stereocenters. The predicted molar refractivity (Wildman–Crippen MR) is 229 cm³/mol. The van der Waals surface area contributed by atoms with Crippen LogP contribution in [0.2, 0.25) is 0 Å². The average molecular weight is 711 g/mol. The van der Waals surface area contributed by atoms with Crippen LogP contribution in [0.4, 0.5) is 0 Å². The van der Waals surface area contributed by atoms with E-state index in [0.717, 1.165) is 76.0 Å². The fourth-order valence-corrected chi connectivity index (χ4v) is 9.42. The maximum atomic E-state index is 8.88. The van der Waals surface area contributed by atoms with Gasteiger partial charge in [-0.3, -0.25) is 0 Å². The number of rotatable bonds is 5. The fraction of sp³-hybridized carbons (Fsp3) is 0. The van der Waals surface area contributed by atoms with E-state index in [1.54, 1.807) is 17.7 Å². The minimum atomic E-state index is -0.409. The summed E-state index contributed by atoms with van der Waals surface area (Å²) in [5, 5.41) is 7.65. The van der Waals surface area contributed by atoms with Crippen molar-refractivity contribution in [3.8, 4) is 49.5 Å². The van der Waals surface area contributed by atoms with Gasteiger partial charge in [-0.15, -0.1) is 11.3 Å². The van der Waals surface area contributed by atoms with E-state index in [9.17, 15) is 0 Å². The molecule has 3 nitrogen and oxygen atoms in total. The van der Waals surface area contributed by atoms with E-state index in [0.29, 0.717) is 0 Å². The number of benzene rings is 8. The normalized spacial score (nSPS) is 13.0. The molecular formula is C50H31N3S. The molecule has 4 heteroatoms. The van der Waals surface area contributed by atoms with Gasteiger partial charge in [-0.1, -0.05) is 127 Å². The minimum absolute atomic E-state index is 0.137. The first-order valence-electron chi connectivity index (χ1n) is 20.3. The number of thiophene rings is 1. The minimum Gasteiger partial charge on any atom is -0.309 e. The van der Waals surface area contributed by atoms with Crippen molar-refractivity contribution in [3.63, 3.8) is 0 Å². The maximum Gasteiger partial charge on any atom is 0.115 e. The van der Waals surface area contributed by atoms with Crippen LogP contribution in [0, 0.1) is 0 Å². The van der Waals surface area contributed by atoms with Gasteiger partial charge in [0.25, 0.3) is 0 Å². The second-order valence-corrected chi connectivity index (χ2v) is 14.5. The molecule has 0 amide bonds. The molecule has 0 saturated heterocycles. The van der Waals surface area contributed by atoms with Crippen LogP contribution in [0.5, 0.6) is 0 Å². The van der Waals surface area contributed by atoms with E-state index in [4.69, 9.17) is 6.85 Å². The average Bonchev–Trinajstić information content (AvgIpc) is 3.83. The number of hydrogen-bond donors (Lipinski definition) is 0. The Morgan fingerprint density at radius 1 is 0.444 bits per heavy atom. The number of aromatic nitrogens is 3. The van der Waals surface area contributed by atoms with Crippen molar-refractivity contribution in [2.75, 3.05) is 0 Å². The van der Waals surface area contributed by atoms with Gasteiger partial charge in [0.05, 0.1) is 17.9 Å². The van der Waals surface area contributed by atoms with Gasteiger partial charge in [-0.2, -0.15) is 0 Å². The number of nitrogens with zero attached hydrogens (tertiary/aromatic N) is 3. The summed E-state index contributed by atoms with van der Waals surface area (Å²) in [5.41, 5.74) is 9.33. The Morgan fingerprint density at radius 3 is 1.80 bits per heavy atom. The highest BCUT2D eigenvalue weighted by molar-refractivity contribution is 7.23. The molecule has 0 bridgehead atoms. The predicted octanol–water partition coefficient (Wildman–Crippen LogP) is 13.8. The van der Waals surface area contributed by atoms with Crippen LogP contribution in [0.25, 0.3) is 103 Å². The number of hydrogen-bond acceptors (Lipinski definition) is 3. The number of fused-ring (bicyclic) bond motifs is 6. The number of para-hydroxylation sites is 2. The summed E-state index contributed by atoms with van der Waals surface area (Å²) >= 11 is 1.77. The van der Waals surface area contributed by atoms with Crippen molar-refractivity contribution in [2.45, 2.75) is 0 Å². The summed E-state index contributed by atoms with van der Waals surface area (Å²) in [6.45, 7) is 0. The van der Waals surface area contributed by atoms with Crippen molar-refractivity contribution in [3.05, 3.63) is 188 Å². The monoisotopic (exact) mass is 710 g/mol. The van der Waals surface area contributed by atoms with E-state index >= 15 is 0 Å². The summed E-state index contributed by atoms with van der Waals surface area (Å²) < 4.78 is 45.9. The summed E-state index contributed by atoms with van der Waals surface area (Å²) in [5.74, 6) is 0. The van der Waals surface area contributed by atoms with E-state index in [1.807, 2.05) is 47.3 Å². The molecule has 3 heterocycles. The van der Waals surface area contributed by atoms with Gasteiger partial charge < -0.3 is 4.57 Å². The lowest BCUT2D eigenvalue weighted by molar-refractivity contribution is 1.17. The molecule has 0 atom stereocenters. The molecule has 11 aromatic rings. The van der Waals surface area contributed by atoms with Crippen LogP contribution < -0.4 is 0 Å². The summed E-state index contributed by atoms with van der Waals surface area (Å²) in [6.07, 6.45) is 5.25. The van der Waals surface area contributed by atoms with Crippen LogP contribution in [-0.4, -0.2) is 14.5 Å². The molecular weight excluding hydrogens is 675 g/mol. The standard InChI is InChI=1S/C50H31N3S/c1-2-15-36(16-3-1)53-44-23-10-8-17-37(44)43-28-34(25-26-45(43)53)50-49(42-22-9-11-24-46(42)54-50)48-40-20-6-4-18-38(40)47(39-19-5-7-21-41(39)48)33-14-12-13-32(27-33)35-29-51-31-52-30-35/h1-31H/i1D,2D,3D,15D,16D. The molecule has 54 heavy (non-hydrogen) atoms. The Hall–Kier alpha value is -6.88. The van der Waals surface area contributed by atoms with Gasteiger partial charge in [0.15, 0.2) is 0 Å². The van der Waals surface area contributed by atoms with Gasteiger partial charge in [0.2, 0.25) is 0 Å². The molecule has 11 rings (SSSR count). The highest BCUT2D eigenvalue weighted by atomic mass is 32.1.